The molecule has 2 nitrogen and oxygen atoms in total. The Morgan fingerprint density at radius 3 is 1.89 bits per heavy atom. The zero-order valence-corrected chi connectivity index (χ0v) is 6.22. The molecule has 1 saturated carbocycles. The molecule has 0 spiro atoms. The van der Waals surface area contributed by atoms with Gasteiger partial charge in [0.25, 0.3) is 0 Å². The fourth-order valence-corrected chi connectivity index (χ4v) is 1.14. The van der Waals surface area contributed by atoms with E-state index in [0.29, 0.717) is 5.92 Å². The normalized spacial score (nSPS) is 26.3. The summed E-state index contributed by atoms with van der Waals surface area (Å²) < 4.78 is 0. The van der Waals surface area contributed by atoms with Crippen molar-refractivity contribution in [3.05, 3.63) is 0 Å². The number of hydrogen-bond donors (Lipinski definition) is 2. The molecule has 0 bridgehead atoms. The van der Waals surface area contributed by atoms with Gasteiger partial charge in [0.05, 0.1) is 0 Å². The van der Waals surface area contributed by atoms with E-state index in [1.165, 1.54) is 0 Å². The van der Waals surface area contributed by atoms with Crippen LogP contribution in [0.3, 0.4) is 0 Å². The van der Waals surface area contributed by atoms with Crippen molar-refractivity contribution in [2.45, 2.75) is 38.3 Å². The molecule has 1 aliphatic carbocycles. The molecule has 0 saturated heterocycles. The van der Waals surface area contributed by atoms with Gasteiger partial charge in [-0.2, -0.15) is 0 Å². The highest BCUT2D eigenvalue weighted by molar-refractivity contribution is 5.07. The molecule has 0 aliphatic heterocycles. The fourth-order valence-electron chi connectivity index (χ4n) is 1.14. The van der Waals surface area contributed by atoms with Gasteiger partial charge < -0.3 is 11.5 Å². The van der Waals surface area contributed by atoms with E-state index < -0.39 is 0 Å². The highest BCUT2D eigenvalue weighted by Gasteiger charge is 2.44. The predicted octanol–water partition coefficient (Wildman–Crippen LogP) is 0.461. The van der Waals surface area contributed by atoms with Gasteiger partial charge in [0.2, 0.25) is 0 Å². The van der Waals surface area contributed by atoms with E-state index in [1.807, 2.05) is 0 Å². The van der Waals surface area contributed by atoms with Crippen molar-refractivity contribution in [3.8, 4) is 0 Å². The van der Waals surface area contributed by atoms with Crippen LogP contribution in [0.4, 0.5) is 0 Å². The third-order valence-electron chi connectivity index (χ3n) is 2.21. The van der Waals surface area contributed by atoms with Gasteiger partial charge in [-0.3, -0.25) is 0 Å². The number of rotatable bonds is 2. The van der Waals surface area contributed by atoms with Crippen molar-refractivity contribution in [2.24, 2.45) is 17.4 Å². The zero-order chi connectivity index (χ0) is 7.07. The first-order valence-corrected chi connectivity index (χ1v) is 3.61. The Hall–Kier alpha value is -0.0800. The molecule has 0 amide bonds. The Balaban J connectivity index is 2.42. The second-order valence-electron chi connectivity index (χ2n) is 3.50. The SMILES string of the molecule is CC(C)C(N)C1(N)CC1. The van der Waals surface area contributed by atoms with Crippen LogP contribution in [0.15, 0.2) is 0 Å². The molecule has 1 aliphatic rings. The molecular formula is C7H16N2. The quantitative estimate of drug-likeness (QED) is 0.567. The molecule has 0 radical (unpaired) electrons. The van der Waals surface area contributed by atoms with Gasteiger partial charge in [-0.1, -0.05) is 13.8 Å². The Labute approximate surface area is 56.6 Å². The van der Waals surface area contributed by atoms with Crippen LogP contribution in [-0.2, 0) is 0 Å². The van der Waals surface area contributed by atoms with Gasteiger partial charge >= 0.3 is 0 Å². The molecule has 0 heterocycles. The van der Waals surface area contributed by atoms with Gasteiger partial charge in [-0.25, -0.2) is 0 Å². The molecular weight excluding hydrogens is 112 g/mol. The second-order valence-corrected chi connectivity index (χ2v) is 3.50. The lowest BCUT2D eigenvalue weighted by molar-refractivity contribution is 0.401. The summed E-state index contributed by atoms with van der Waals surface area (Å²) in [5.41, 5.74) is 11.7. The van der Waals surface area contributed by atoms with E-state index >= 15 is 0 Å². The maximum absolute atomic E-state index is 5.87. The van der Waals surface area contributed by atoms with Crippen LogP contribution in [0.1, 0.15) is 26.7 Å². The maximum Gasteiger partial charge on any atom is 0.0311 e. The molecule has 0 aromatic heterocycles. The monoisotopic (exact) mass is 128 g/mol. The van der Waals surface area contributed by atoms with Gasteiger partial charge in [0.15, 0.2) is 0 Å². The zero-order valence-electron chi connectivity index (χ0n) is 6.22. The molecule has 1 atom stereocenters. The topological polar surface area (TPSA) is 52.0 Å². The molecule has 9 heavy (non-hydrogen) atoms. The van der Waals surface area contributed by atoms with Crippen molar-refractivity contribution in [3.63, 3.8) is 0 Å². The number of hydrogen-bond acceptors (Lipinski definition) is 2. The maximum atomic E-state index is 5.87. The van der Waals surface area contributed by atoms with Crippen molar-refractivity contribution in [1.29, 1.82) is 0 Å². The summed E-state index contributed by atoms with van der Waals surface area (Å²) >= 11 is 0. The lowest BCUT2D eigenvalue weighted by atomic mass is 9.96. The number of nitrogens with two attached hydrogens (primary N) is 2. The summed E-state index contributed by atoms with van der Waals surface area (Å²) in [6.45, 7) is 4.25. The summed E-state index contributed by atoms with van der Waals surface area (Å²) in [7, 11) is 0. The Kier molecular flexibility index (Phi) is 1.53. The van der Waals surface area contributed by atoms with E-state index in [4.69, 9.17) is 11.5 Å². The first-order chi connectivity index (χ1) is 4.06. The van der Waals surface area contributed by atoms with Crippen molar-refractivity contribution in [2.75, 3.05) is 0 Å². The Bertz CT molecular complexity index is 105. The highest BCUT2D eigenvalue weighted by atomic mass is 14.9. The van der Waals surface area contributed by atoms with Crippen LogP contribution in [0.25, 0.3) is 0 Å². The van der Waals surface area contributed by atoms with E-state index in [9.17, 15) is 0 Å². The van der Waals surface area contributed by atoms with Crippen molar-refractivity contribution >= 4 is 0 Å². The van der Waals surface area contributed by atoms with Crippen LogP contribution >= 0.6 is 0 Å². The van der Waals surface area contributed by atoms with Crippen molar-refractivity contribution < 1.29 is 0 Å². The highest BCUT2D eigenvalue weighted by Crippen LogP contribution is 2.37. The Morgan fingerprint density at radius 1 is 1.33 bits per heavy atom. The van der Waals surface area contributed by atoms with Gasteiger partial charge in [-0.05, 0) is 18.8 Å². The standard InChI is InChI=1S/C7H16N2/c1-5(2)6(8)7(9)3-4-7/h5-6H,3-4,8-9H2,1-2H3. The smallest absolute Gasteiger partial charge is 0.0311 e. The molecule has 4 N–H and O–H groups in total. The molecule has 1 unspecified atom stereocenters. The average Bonchev–Trinajstić information content (AvgIpc) is 2.47. The minimum absolute atomic E-state index is 0.00810. The largest absolute Gasteiger partial charge is 0.326 e. The van der Waals surface area contributed by atoms with Gasteiger partial charge in [0.1, 0.15) is 0 Å². The molecule has 0 aromatic carbocycles. The van der Waals surface area contributed by atoms with Crippen LogP contribution in [-0.4, -0.2) is 11.6 Å². The molecule has 0 aromatic rings. The third-order valence-corrected chi connectivity index (χ3v) is 2.21. The lowest BCUT2D eigenvalue weighted by Crippen LogP contribution is -2.47. The first kappa shape index (κ1) is 7.03. The van der Waals surface area contributed by atoms with Crippen LogP contribution in [0, 0.1) is 5.92 Å². The second kappa shape index (κ2) is 1.96. The summed E-state index contributed by atoms with van der Waals surface area (Å²) in [5.74, 6) is 0.525. The molecule has 1 fully saturated rings. The fraction of sp³-hybridized carbons (Fsp3) is 1.00. The summed E-state index contributed by atoms with van der Waals surface area (Å²) in [6, 6.07) is 0.206. The predicted molar refractivity (Wildman–Crippen MR) is 39.0 cm³/mol. The lowest BCUT2D eigenvalue weighted by Gasteiger charge is -2.21. The van der Waals surface area contributed by atoms with Gasteiger partial charge in [-0.15, -0.1) is 0 Å². The van der Waals surface area contributed by atoms with E-state index in [1.54, 1.807) is 0 Å². The van der Waals surface area contributed by atoms with Crippen LogP contribution in [0.5, 0.6) is 0 Å². The summed E-state index contributed by atoms with van der Waals surface area (Å²) in [4.78, 5) is 0. The van der Waals surface area contributed by atoms with E-state index in [-0.39, 0.29) is 11.6 Å². The Morgan fingerprint density at radius 2 is 1.78 bits per heavy atom. The summed E-state index contributed by atoms with van der Waals surface area (Å²) in [6.07, 6.45) is 2.23. The van der Waals surface area contributed by atoms with Crippen molar-refractivity contribution in [1.82, 2.24) is 0 Å². The minimum Gasteiger partial charge on any atom is -0.326 e. The molecule has 2 heteroatoms. The van der Waals surface area contributed by atoms with E-state index in [2.05, 4.69) is 13.8 Å². The molecule has 54 valence electrons. The van der Waals surface area contributed by atoms with Crippen LogP contribution in [0.2, 0.25) is 0 Å². The summed E-state index contributed by atoms with van der Waals surface area (Å²) in [5, 5.41) is 0. The third kappa shape index (κ3) is 1.25. The molecule has 1 rings (SSSR count). The minimum atomic E-state index is 0.00810. The first-order valence-electron chi connectivity index (χ1n) is 3.61. The van der Waals surface area contributed by atoms with Crippen LogP contribution < -0.4 is 11.5 Å². The average molecular weight is 128 g/mol. The van der Waals surface area contributed by atoms with E-state index in [0.717, 1.165) is 12.8 Å². The van der Waals surface area contributed by atoms with Gasteiger partial charge in [0, 0.05) is 11.6 Å².